The molecule has 6 heteroatoms. The summed E-state index contributed by atoms with van der Waals surface area (Å²) in [5.41, 5.74) is 0.440. The van der Waals surface area contributed by atoms with Crippen LogP contribution in [0.3, 0.4) is 0 Å². The minimum Gasteiger partial charge on any atom is -0.385 e. The highest BCUT2D eigenvalue weighted by Crippen LogP contribution is 2.09. The first-order valence-corrected chi connectivity index (χ1v) is 7.42. The second-order valence-electron chi connectivity index (χ2n) is 5.04. The molecule has 1 aromatic rings. The zero-order valence-corrected chi connectivity index (χ0v) is 13.5. The Balaban J connectivity index is 2.69. The van der Waals surface area contributed by atoms with Gasteiger partial charge in [0.1, 0.15) is 17.3 Å². The summed E-state index contributed by atoms with van der Waals surface area (Å²) in [4.78, 5) is 22.6. The molecule has 6 nitrogen and oxygen atoms in total. The zero-order chi connectivity index (χ0) is 15.7. The van der Waals surface area contributed by atoms with Crippen LogP contribution in [-0.2, 0) is 4.74 Å². The molecule has 0 unspecified atom stereocenters. The van der Waals surface area contributed by atoms with E-state index in [9.17, 15) is 4.79 Å². The van der Waals surface area contributed by atoms with Crippen LogP contribution < -0.4 is 5.32 Å². The third-order valence-electron chi connectivity index (χ3n) is 3.08. The van der Waals surface area contributed by atoms with Crippen LogP contribution in [0.15, 0.2) is 6.07 Å². The van der Waals surface area contributed by atoms with E-state index in [-0.39, 0.29) is 5.91 Å². The van der Waals surface area contributed by atoms with E-state index >= 15 is 0 Å². The van der Waals surface area contributed by atoms with Crippen LogP contribution in [0.1, 0.15) is 42.5 Å². The van der Waals surface area contributed by atoms with Crippen LogP contribution in [0.5, 0.6) is 0 Å². The van der Waals surface area contributed by atoms with Crippen molar-refractivity contribution in [3.05, 3.63) is 17.6 Å². The number of carbonyl (C=O) groups excluding carboxylic acids is 1. The summed E-state index contributed by atoms with van der Waals surface area (Å²) in [6.07, 6.45) is 2.94. The maximum atomic E-state index is 12.3. The first-order valence-electron chi connectivity index (χ1n) is 7.42. The van der Waals surface area contributed by atoms with Crippen molar-refractivity contribution in [1.82, 2.24) is 14.9 Å². The van der Waals surface area contributed by atoms with Crippen molar-refractivity contribution >= 4 is 11.7 Å². The Morgan fingerprint density at radius 2 is 2.14 bits per heavy atom. The molecule has 0 fully saturated rings. The average Bonchev–Trinajstić information content (AvgIpc) is 2.48. The molecule has 0 saturated heterocycles. The molecule has 1 aromatic heterocycles. The second kappa shape index (κ2) is 9.28. The number of hydrogen-bond acceptors (Lipinski definition) is 5. The van der Waals surface area contributed by atoms with E-state index in [1.807, 2.05) is 0 Å². The molecule has 0 aliphatic heterocycles. The van der Waals surface area contributed by atoms with E-state index in [0.717, 1.165) is 32.4 Å². The standard InChI is InChI=1S/C15H26N4O2/c1-5-6-9-19(3)15(20)13-11-14(18-12(2)17-13)16-8-7-10-21-4/h11H,5-10H2,1-4H3,(H,16,17,18). The van der Waals surface area contributed by atoms with Gasteiger partial charge in [0, 0.05) is 39.9 Å². The normalized spacial score (nSPS) is 10.5. The lowest BCUT2D eigenvalue weighted by Crippen LogP contribution is -2.28. The monoisotopic (exact) mass is 294 g/mol. The van der Waals surface area contributed by atoms with Gasteiger partial charge in [0.25, 0.3) is 5.91 Å². The lowest BCUT2D eigenvalue weighted by atomic mass is 10.3. The molecular weight excluding hydrogens is 268 g/mol. The van der Waals surface area contributed by atoms with Gasteiger partial charge in [0.05, 0.1) is 0 Å². The third kappa shape index (κ3) is 6.08. The quantitative estimate of drug-likeness (QED) is 0.706. The number of anilines is 1. The van der Waals surface area contributed by atoms with Crippen molar-refractivity contribution < 1.29 is 9.53 Å². The molecule has 0 bridgehead atoms. The number of rotatable bonds is 9. The molecule has 0 aromatic carbocycles. The van der Waals surface area contributed by atoms with Crippen LogP contribution in [0.25, 0.3) is 0 Å². The molecule has 0 atom stereocenters. The van der Waals surface area contributed by atoms with Gasteiger partial charge >= 0.3 is 0 Å². The number of unbranched alkanes of at least 4 members (excludes halogenated alkanes) is 1. The van der Waals surface area contributed by atoms with Crippen molar-refractivity contribution in [3.63, 3.8) is 0 Å². The summed E-state index contributed by atoms with van der Waals surface area (Å²) in [5, 5.41) is 3.20. The van der Waals surface area contributed by atoms with Crippen molar-refractivity contribution in [2.45, 2.75) is 33.1 Å². The van der Waals surface area contributed by atoms with Gasteiger partial charge < -0.3 is 15.0 Å². The van der Waals surface area contributed by atoms with Gasteiger partial charge in [-0.05, 0) is 19.8 Å². The molecular formula is C15H26N4O2. The number of nitrogens with one attached hydrogen (secondary N) is 1. The Kier molecular flexibility index (Phi) is 7.68. The molecule has 1 rings (SSSR count). The lowest BCUT2D eigenvalue weighted by molar-refractivity contribution is 0.0787. The average molecular weight is 294 g/mol. The number of aromatic nitrogens is 2. The molecule has 0 aliphatic rings. The largest absolute Gasteiger partial charge is 0.385 e. The topological polar surface area (TPSA) is 67.4 Å². The Hall–Kier alpha value is -1.69. The van der Waals surface area contributed by atoms with Crippen molar-refractivity contribution in [2.24, 2.45) is 0 Å². The first-order chi connectivity index (χ1) is 10.1. The number of methoxy groups -OCH3 is 1. The Morgan fingerprint density at radius 3 is 2.81 bits per heavy atom. The number of nitrogens with zero attached hydrogens (tertiary/aromatic N) is 3. The lowest BCUT2D eigenvalue weighted by Gasteiger charge is -2.17. The molecule has 1 amide bonds. The van der Waals surface area contributed by atoms with Crippen LogP contribution in [0.4, 0.5) is 5.82 Å². The van der Waals surface area contributed by atoms with E-state index in [0.29, 0.717) is 23.9 Å². The van der Waals surface area contributed by atoms with Gasteiger partial charge in [-0.2, -0.15) is 0 Å². The van der Waals surface area contributed by atoms with Crippen molar-refractivity contribution in [3.8, 4) is 0 Å². The summed E-state index contributed by atoms with van der Waals surface area (Å²) in [6.45, 7) is 6.10. The minimum absolute atomic E-state index is 0.0612. The van der Waals surface area contributed by atoms with Gasteiger partial charge in [0.2, 0.25) is 0 Å². The first kappa shape index (κ1) is 17.4. The predicted molar refractivity (Wildman–Crippen MR) is 83.6 cm³/mol. The summed E-state index contributed by atoms with van der Waals surface area (Å²) in [6, 6.07) is 1.71. The highest BCUT2D eigenvalue weighted by Gasteiger charge is 2.14. The van der Waals surface area contributed by atoms with E-state index in [1.165, 1.54) is 0 Å². The summed E-state index contributed by atoms with van der Waals surface area (Å²) in [7, 11) is 3.48. The zero-order valence-electron chi connectivity index (χ0n) is 13.5. The fourth-order valence-electron chi connectivity index (χ4n) is 1.89. The Bertz CT molecular complexity index is 451. The molecule has 21 heavy (non-hydrogen) atoms. The van der Waals surface area contributed by atoms with Crippen LogP contribution in [0.2, 0.25) is 0 Å². The van der Waals surface area contributed by atoms with Crippen LogP contribution >= 0.6 is 0 Å². The summed E-state index contributed by atoms with van der Waals surface area (Å²) in [5.74, 6) is 1.22. The third-order valence-corrected chi connectivity index (χ3v) is 3.08. The number of ether oxygens (including phenoxy) is 1. The smallest absolute Gasteiger partial charge is 0.272 e. The van der Waals surface area contributed by atoms with Crippen molar-refractivity contribution in [1.29, 1.82) is 0 Å². The fraction of sp³-hybridized carbons (Fsp3) is 0.667. The van der Waals surface area contributed by atoms with Gasteiger partial charge in [-0.1, -0.05) is 13.3 Å². The van der Waals surface area contributed by atoms with E-state index in [2.05, 4.69) is 22.2 Å². The SMILES string of the molecule is CCCCN(C)C(=O)c1cc(NCCCOC)nc(C)n1. The van der Waals surface area contributed by atoms with Gasteiger partial charge in [0.15, 0.2) is 0 Å². The van der Waals surface area contributed by atoms with E-state index in [4.69, 9.17) is 4.74 Å². The number of carbonyl (C=O) groups is 1. The summed E-state index contributed by atoms with van der Waals surface area (Å²) >= 11 is 0. The molecule has 118 valence electrons. The Labute approximate surface area is 126 Å². The van der Waals surface area contributed by atoms with Crippen LogP contribution in [0, 0.1) is 6.92 Å². The summed E-state index contributed by atoms with van der Waals surface area (Å²) < 4.78 is 5.00. The predicted octanol–water partition coefficient (Wildman–Crippen LogP) is 2.11. The fourth-order valence-corrected chi connectivity index (χ4v) is 1.89. The number of aryl methyl sites for hydroxylation is 1. The van der Waals surface area contributed by atoms with Gasteiger partial charge in [-0.25, -0.2) is 9.97 Å². The van der Waals surface area contributed by atoms with Gasteiger partial charge in [-0.3, -0.25) is 4.79 Å². The molecule has 0 saturated carbocycles. The second-order valence-corrected chi connectivity index (χ2v) is 5.04. The maximum absolute atomic E-state index is 12.3. The molecule has 0 spiro atoms. The molecule has 0 aliphatic carbocycles. The molecule has 1 heterocycles. The highest BCUT2D eigenvalue weighted by atomic mass is 16.5. The number of amides is 1. The molecule has 1 N–H and O–H groups in total. The van der Waals surface area contributed by atoms with Crippen LogP contribution in [-0.4, -0.2) is 54.6 Å². The maximum Gasteiger partial charge on any atom is 0.272 e. The van der Waals surface area contributed by atoms with E-state index < -0.39 is 0 Å². The van der Waals surface area contributed by atoms with Gasteiger partial charge in [-0.15, -0.1) is 0 Å². The molecule has 0 radical (unpaired) electrons. The number of hydrogen-bond donors (Lipinski definition) is 1. The highest BCUT2D eigenvalue weighted by molar-refractivity contribution is 5.92. The van der Waals surface area contributed by atoms with Crippen molar-refractivity contribution in [2.75, 3.05) is 39.2 Å². The minimum atomic E-state index is -0.0612. The Morgan fingerprint density at radius 1 is 1.38 bits per heavy atom. The van der Waals surface area contributed by atoms with E-state index in [1.54, 1.807) is 32.0 Å².